The quantitative estimate of drug-likeness (QED) is 0.310. The van der Waals surface area contributed by atoms with E-state index in [4.69, 9.17) is 4.74 Å². The number of aryl methyl sites for hydroxylation is 1. The fourth-order valence-corrected chi connectivity index (χ4v) is 3.71. The minimum Gasteiger partial charge on any atom is -0.468 e. The number of anilines is 1. The largest absolute Gasteiger partial charge is 0.468 e. The number of benzene rings is 2. The number of esters is 1. The second-order valence-corrected chi connectivity index (χ2v) is 8.02. The summed E-state index contributed by atoms with van der Waals surface area (Å²) >= 11 is 0. The zero-order valence-corrected chi connectivity index (χ0v) is 19.1. The Labute approximate surface area is 191 Å². The van der Waals surface area contributed by atoms with Gasteiger partial charge in [0.1, 0.15) is 11.6 Å². The normalized spacial score (nSPS) is 11.9. The van der Waals surface area contributed by atoms with E-state index in [0.717, 1.165) is 18.2 Å². The number of carbonyl (C=O) groups excluding carboxylic acids is 3. The van der Waals surface area contributed by atoms with Crippen LogP contribution in [0.5, 0.6) is 0 Å². The van der Waals surface area contributed by atoms with Gasteiger partial charge in [0.15, 0.2) is 0 Å². The number of aromatic nitrogens is 2. The Bertz CT molecular complexity index is 1260. The summed E-state index contributed by atoms with van der Waals surface area (Å²) in [6.45, 7) is 5.92. The molecule has 33 heavy (non-hydrogen) atoms. The maximum Gasteiger partial charge on any atom is 0.317 e. The lowest BCUT2D eigenvalue weighted by Gasteiger charge is -2.18. The Hall–Kier alpha value is -3.81. The average molecular weight is 450 g/mol. The smallest absolute Gasteiger partial charge is 0.317 e. The lowest BCUT2D eigenvalue weighted by molar-refractivity contribution is -0.152. The Morgan fingerprint density at radius 1 is 1.09 bits per heavy atom. The number of H-pyrrole nitrogens is 1. The summed E-state index contributed by atoms with van der Waals surface area (Å²) in [7, 11) is 1.13. The van der Waals surface area contributed by atoms with Gasteiger partial charge in [-0.15, -0.1) is 0 Å². The average Bonchev–Trinajstić information content (AvgIpc) is 2.81. The number of carbonyl (C=O) groups is 3. The molecule has 8 nitrogen and oxygen atoms in total. The third kappa shape index (κ3) is 5.16. The van der Waals surface area contributed by atoms with E-state index >= 15 is 0 Å². The molecule has 0 aliphatic rings. The number of amides is 1. The zero-order chi connectivity index (χ0) is 24.1. The first kappa shape index (κ1) is 23.8. The van der Waals surface area contributed by atoms with Crippen molar-refractivity contribution in [3.05, 3.63) is 69.6 Å². The number of nitrogens with zero attached hydrogens (tertiary/aromatic N) is 1. The fourth-order valence-electron chi connectivity index (χ4n) is 3.71. The molecule has 0 bridgehead atoms. The molecule has 2 N–H and O–H groups in total. The maximum absolute atomic E-state index is 13.1. The molecule has 0 unspecified atom stereocenters. The Morgan fingerprint density at radius 2 is 1.82 bits per heavy atom. The standard InChI is InChI=1S/C25H27N3O5/c1-5-15-9-8-10-16(14(2)3)21(15)28-24(31)22(29)17(25(32)33-4)13-20-23(30)27-19-12-7-6-11-18(19)26-20/h6-12,14,17H,5,13H2,1-4H3,(H,27,30)(H,28,31)/t17-/m1/s1. The molecule has 3 rings (SSSR count). The summed E-state index contributed by atoms with van der Waals surface area (Å²) in [5.74, 6) is -4.22. The van der Waals surface area contributed by atoms with Gasteiger partial charge in [-0.3, -0.25) is 19.2 Å². The predicted octanol–water partition coefficient (Wildman–Crippen LogP) is 3.15. The third-order valence-corrected chi connectivity index (χ3v) is 5.52. The highest BCUT2D eigenvalue weighted by Gasteiger charge is 2.34. The molecule has 172 valence electrons. The van der Waals surface area contributed by atoms with Crippen LogP contribution in [0.2, 0.25) is 0 Å². The molecule has 0 fully saturated rings. The summed E-state index contributed by atoms with van der Waals surface area (Å²) in [6, 6.07) is 12.6. The van der Waals surface area contributed by atoms with Gasteiger partial charge in [-0.1, -0.05) is 51.1 Å². The van der Waals surface area contributed by atoms with Gasteiger partial charge in [-0.05, 0) is 35.6 Å². The van der Waals surface area contributed by atoms with Gasteiger partial charge < -0.3 is 15.0 Å². The first-order valence-corrected chi connectivity index (χ1v) is 10.8. The number of nitrogens with one attached hydrogen (secondary N) is 2. The fraction of sp³-hybridized carbons (Fsp3) is 0.320. The minimum absolute atomic E-state index is 0.0259. The van der Waals surface area contributed by atoms with Crippen molar-refractivity contribution in [1.82, 2.24) is 9.97 Å². The van der Waals surface area contributed by atoms with Crippen LogP contribution in [0.3, 0.4) is 0 Å². The van der Waals surface area contributed by atoms with Crippen LogP contribution in [0.4, 0.5) is 5.69 Å². The molecule has 0 saturated heterocycles. The van der Waals surface area contributed by atoms with Gasteiger partial charge in [-0.25, -0.2) is 4.98 Å². The molecule has 3 aromatic rings. The van der Waals surface area contributed by atoms with Crippen molar-refractivity contribution in [2.45, 2.75) is 39.5 Å². The number of methoxy groups -OCH3 is 1. The summed E-state index contributed by atoms with van der Waals surface area (Å²) in [5, 5.41) is 2.70. The zero-order valence-electron chi connectivity index (χ0n) is 19.1. The Morgan fingerprint density at radius 3 is 2.48 bits per heavy atom. The Kier molecular flexibility index (Phi) is 7.37. The second-order valence-electron chi connectivity index (χ2n) is 8.02. The van der Waals surface area contributed by atoms with E-state index in [9.17, 15) is 19.2 Å². The van der Waals surface area contributed by atoms with Crippen LogP contribution in [0.25, 0.3) is 11.0 Å². The number of fused-ring (bicyclic) bond motifs is 1. The number of hydrogen-bond donors (Lipinski definition) is 2. The highest BCUT2D eigenvalue weighted by Crippen LogP contribution is 2.28. The SMILES string of the molecule is CCc1cccc(C(C)C)c1NC(=O)C(=O)[C@@H](Cc1nc2ccccc2[nH]c1=O)C(=O)OC. The van der Waals surface area contributed by atoms with Crippen LogP contribution in [0, 0.1) is 5.92 Å². The van der Waals surface area contributed by atoms with Crippen molar-refractivity contribution in [2.24, 2.45) is 5.92 Å². The summed E-state index contributed by atoms with van der Waals surface area (Å²) in [5.41, 5.74) is 2.81. The number of rotatable bonds is 8. The molecule has 0 aliphatic heterocycles. The van der Waals surface area contributed by atoms with Crippen molar-refractivity contribution >= 4 is 34.4 Å². The Balaban J connectivity index is 1.92. The highest BCUT2D eigenvalue weighted by atomic mass is 16.5. The number of aromatic amines is 1. The van der Waals surface area contributed by atoms with E-state index < -0.39 is 29.1 Å². The second kappa shape index (κ2) is 10.2. The third-order valence-electron chi connectivity index (χ3n) is 5.52. The molecule has 0 spiro atoms. The van der Waals surface area contributed by atoms with Gasteiger partial charge in [0, 0.05) is 12.1 Å². The van der Waals surface area contributed by atoms with Crippen LogP contribution in [0.15, 0.2) is 47.3 Å². The molecule has 8 heteroatoms. The highest BCUT2D eigenvalue weighted by molar-refractivity contribution is 6.44. The molecule has 1 heterocycles. The number of para-hydroxylation sites is 3. The van der Waals surface area contributed by atoms with E-state index in [0.29, 0.717) is 23.1 Å². The van der Waals surface area contributed by atoms with Crippen LogP contribution < -0.4 is 10.9 Å². The number of Topliss-reactive ketones (excluding diaryl/α,β-unsaturated/α-hetero) is 1. The molecular formula is C25H27N3O5. The molecule has 0 radical (unpaired) electrons. The van der Waals surface area contributed by atoms with E-state index in [1.807, 2.05) is 39.0 Å². The predicted molar refractivity (Wildman–Crippen MR) is 125 cm³/mol. The molecule has 1 atom stereocenters. The lowest BCUT2D eigenvalue weighted by atomic mass is 9.95. The van der Waals surface area contributed by atoms with Gasteiger partial charge in [-0.2, -0.15) is 0 Å². The van der Waals surface area contributed by atoms with E-state index in [-0.39, 0.29) is 18.0 Å². The number of hydrogen-bond acceptors (Lipinski definition) is 6. The molecule has 2 aromatic carbocycles. The first-order chi connectivity index (χ1) is 15.8. The maximum atomic E-state index is 13.1. The lowest BCUT2D eigenvalue weighted by Crippen LogP contribution is -2.38. The molecule has 1 amide bonds. The monoisotopic (exact) mass is 449 g/mol. The summed E-state index contributed by atoms with van der Waals surface area (Å²) in [6.07, 6.45) is 0.298. The van der Waals surface area contributed by atoms with E-state index in [2.05, 4.69) is 15.3 Å². The number of ketones is 1. The summed E-state index contributed by atoms with van der Waals surface area (Å²) in [4.78, 5) is 57.9. The topological polar surface area (TPSA) is 118 Å². The van der Waals surface area contributed by atoms with Crippen LogP contribution in [-0.2, 0) is 32.0 Å². The van der Waals surface area contributed by atoms with Gasteiger partial charge in [0.2, 0.25) is 5.78 Å². The van der Waals surface area contributed by atoms with E-state index in [1.165, 1.54) is 0 Å². The van der Waals surface area contributed by atoms with Crippen LogP contribution in [-0.4, -0.2) is 34.7 Å². The minimum atomic E-state index is -1.50. The van der Waals surface area contributed by atoms with Gasteiger partial charge in [0.05, 0.1) is 18.1 Å². The number of ether oxygens (including phenoxy) is 1. The molecule has 1 aromatic heterocycles. The van der Waals surface area contributed by atoms with Crippen molar-refractivity contribution in [1.29, 1.82) is 0 Å². The molecular weight excluding hydrogens is 422 g/mol. The first-order valence-electron chi connectivity index (χ1n) is 10.8. The molecule has 0 aliphatic carbocycles. The molecule has 0 saturated carbocycles. The van der Waals surface area contributed by atoms with E-state index in [1.54, 1.807) is 24.3 Å². The van der Waals surface area contributed by atoms with Crippen molar-refractivity contribution in [2.75, 3.05) is 12.4 Å². The van der Waals surface area contributed by atoms with Gasteiger partial charge in [0.25, 0.3) is 11.5 Å². The van der Waals surface area contributed by atoms with Crippen LogP contribution >= 0.6 is 0 Å². The van der Waals surface area contributed by atoms with Crippen molar-refractivity contribution < 1.29 is 19.1 Å². The van der Waals surface area contributed by atoms with Crippen LogP contribution in [0.1, 0.15) is 43.5 Å². The van der Waals surface area contributed by atoms with Crippen molar-refractivity contribution in [3.63, 3.8) is 0 Å². The van der Waals surface area contributed by atoms with Gasteiger partial charge >= 0.3 is 5.97 Å². The summed E-state index contributed by atoms with van der Waals surface area (Å²) < 4.78 is 4.76. The van der Waals surface area contributed by atoms with Crippen molar-refractivity contribution in [3.8, 4) is 0 Å².